The van der Waals surface area contributed by atoms with Gasteiger partial charge in [0.05, 0.1) is 10.7 Å². The zero-order chi connectivity index (χ0) is 18.1. The van der Waals surface area contributed by atoms with Gasteiger partial charge in [0.15, 0.2) is 0 Å². The van der Waals surface area contributed by atoms with Crippen molar-refractivity contribution in [3.63, 3.8) is 0 Å². The van der Waals surface area contributed by atoms with Crippen molar-refractivity contribution >= 4 is 30.9 Å². The van der Waals surface area contributed by atoms with Crippen LogP contribution in [0.5, 0.6) is 0 Å². The van der Waals surface area contributed by atoms with Crippen LogP contribution >= 0.6 is 19.9 Å². The van der Waals surface area contributed by atoms with E-state index in [1.165, 1.54) is 15.7 Å². The highest BCUT2D eigenvalue weighted by Gasteiger charge is 2.36. The summed E-state index contributed by atoms with van der Waals surface area (Å²) >= 11 is 0. The first-order valence-electron chi connectivity index (χ1n) is 8.62. The topological polar surface area (TPSA) is 88.7 Å². The second-order valence-corrected chi connectivity index (χ2v) is 13.1. The lowest BCUT2D eigenvalue weighted by molar-refractivity contribution is 0.655. The van der Waals surface area contributed by atoms with Crippen LogP contribution in [0.2, 0.25) is 0 Å². The molecular weight excluding hydrogens is 366 g/mol. The molecule has 4 N–H and O–H groups in total. The minimum Gasteiger partial charge on any atom is -0.335 e. The van der Waals surface area contributed by atoms with E-state index in [4.69, 9.17) is 5.73 Å². The number of aromatic nitrogens is 3. The quantitative estimate of drug-likeness (QED) is 0.328. The third-order valence-corrected chi connectivity index (χ3v) is 9.98. The largest absolute Gasteiger partial charge is 0.354 e. The number of aromatic amines is 1. The van der Waals surface area contributed by atoms with Crippen molar-refractivity contribution in [2.75, 3.05) is 24.4 Å². The van der Waals surface area contributed by atoms with Gasteiger partial charge in [-0.15, -0.1) is 9.06 Å². The van der Waals surface area contributed by atoms with Crippen molar-refractivity contribution in [2.45, 2.75) is 18.0 Å². The standard InChI is InChI=1S/C18H23N5OS2/c1-26(12-25-26)16-9-14-11-23(18(24)22-17(14)21-16)15-5-3-13(4-6-15)10-20-8-2-7-19/h3-6,9,11,20H,2,7-8,10,12,19H2,1H3,(H,21,22,24). The van der Waals surface area contributed by atoms with Crippen LogP contribution in [0, 0.1) is 0 Å². The summed E-state index contributed by atoms with van der Waals surface area (Å²) in [6, 6.07) is 10.1. The summed E-state index contributed by atoms with van der Waals surface area (Å²) in [5, 5.41) is 6.74. The Morgan fingerprint density at radius 2 is 2.15 bits per heavy atom. The predicted molar refractivity (Wildman–Crippen MR) is 111 cm³/mol. The Morgan fingerprint density at radius 1 is 1.38 bits per heavy atom. The molecule has 1 aliphatic heterocycles. The van der Waals surface area contributed by atoms with Crippen LogP contribution in [0.4, 0.5) is 0 Å². The molecule has 4 rings (SSSR count). The normalized spacial score (nSPS) is 21.6. The van der Waals surface area contributed by atoms with Crippen LogP contribution in [-0.2, 0) is 6.54 Å². The van der Waals surface area contributed by atoms with Crippen molar-refractivity contribution in [3.8, 4) is 5.69 Å². The lowest BCUT2D eigenvalue weighted by Gasteiger charge is -2.07. The summed E-state index contributed by atoms with van der Waals surface area (Å²) < 4.78 is 1.61. The summed E-state index contributed by atoms with van der Waals surface area (Å²) in [7, 11) is 1.25. The second kappa shape index (κ2) is 7.11. The molecule has 1 atom stereocenters. The van der Waals surface area contributed by atoms with Gasteiger partial charge >= 0.3 is 5.69 Å². The van der Waals surface area contributed by atoms with E-state index in [1.807, 2.05) is 41.3 Å². The fourth-order valence-electron chi connectivity index (χ4n) is 2.82. The van der Waals surface area contributed by atoms with E-state index in [1.54, 1.807) is 4.57 Å². The minimum absolute atomic E-state index is 0.261. The molecule has 0 saturated carbocycles. The highest BCUT2D eigenvalue weighted by Crippen LogP contribution is 2.79. The highest BCUT2D eigenvalue weighted by molar-refractivity contribution is 9.08. The molecule has 3 aromatic rings. The van der Waals surface area contributed by atoms with Crippen LogP contribution in [0.1, 0.15) is 12.0 Å². The molecule has 3 heterocycles. The SMILES string of the molecule is CS1(c2cc3cn(-c4ccc(CNCCCN)cc4)c(=O)nc3[nH]2)CS1. The van der Waals surface area contributed by atoms with E-state index >= 15 is 0 Å². The summed E-state index contributed by atoms with van der Waals surface area (Å²) in [4.78, 5) is 20.0. The Bertz CT molecular complexity index is 975. The van der Waals surface area contributed by atoms with Crippen LogP contribution in [-0.4, -0.2) is 39.0 Å². The summed E-state index contributed by atoms with van der Waals surface area (Å²) in [6.07, 6.45) is 5.14. The molecule has 26 heavy (non-hydrogen) atoms. The van der Waals surface area contributed by atoms with E-state index in [0.717, 1.165) is 30.6 Å². The number of hydrogen-bond donors (Lipinski definition) is 3. The molecule has 2 aromatic heterocycles. The lowest BCUT2D eigenvalue weighted by atomic mass is 10.2. The van der Waals surface area contributed by atoms with Gasteiger partial charge in [0.2, 0.25) is 0 Å². The first kappa shape index (κ1) is 17.7. The van der Waals surface area contributed by atoms with Gasteiger partial charge in [-0.05, 0) is 49.5 Å². The summed E-state index contributed by atoms with van der Waals surface area (Å²) in [5.74, 6) is 0. The van der Waals surface area contributed by atoms with E-state index < -0.39 is 9.06 Å². The smallest absolute Gasteiger partial charge is 0.335 e. The molecule has 0 spiro atoms. The molecule has 1 unspecified atom stereocenters. The monoisotopic (exact) mass is 389 g/mol. The van der Waals surface area contributed by atoms with Gasteiger partial charge in [0, 0.05) is 23.2 Å². The van der Waals surface area contributed by atoms with Gasteiger partial charge in [-0.25, -0.2) is 4.79 Å². The average molecular weight is 390 g/mol. The Balaban J connectivity index is 1.57. The number of nitrogens with two attached hydrogens (primary N) is 1. The average Bonchev–Trinajstić information content (AvgIpc) is 3.25. The Morgan fingerprint density at radius 3 is 2.85 bits per heavy atom. The minimum atomic E-state index is -0.729. The third-order valence-electron chi connectivity index (χ3n) is 4.52. The Hall–Kier alpha value is -1.74. The van der Waals surface area contributed by atoms with Crippen molar-refractivity contribution in [2.24, 2.45) is 5.73 Å². The van der Waals surface area contributed by atoms with E-state index in [0.29, 0.717) is 12.2 Å². The van der Waals surface area contributed by atoms with Crippen molar-refractivity contribution in [3.05, 3.63) is 52.6 Å². The van der Waals surface area contributed by atoms with Crippen molar-refractivity contribution < 1.29 is 0 Å². The Labute approximate surface area is 157 Å². The fourth-order valence-corrected chi connectivity index (χ4v) is 6.67. The zero-order valence-corrected chi connectivity index (χ0v) is 16.3. The van der Waals surface area contributed by atoms with Gasteiger partial charge in [0.1, 0.15) is 5.65 Å². The predicted octanol–water partition coefficient (Wildman–Crippen LogP) is 2.56. The van der Waals surface area contributed by atoms with E-state index in [9.17, 15) is 4.79 Å². The van der Waals surface area contributed by atoms with Gasteiger partial charge in [-0.2, -0.15) is 4.98 Å². The maximum absolute atomic E-state index is 12.4. The molecule has 1 saturated heterocycles. The molecule has 0 bridgehead atoms. The number of H-pyrrole nitrogens is 1. The molecule has 1 fully saturated rings. The number of nitrogens with zero attached hydrogens (tertiary/aromatic N) is 2. The van der Waals surface area contributed by atoms with Gasteiger partial charge < -0.3 is 16.0 Å². The number of benzene rings is 1. The third kappa shape index (κ3) is 3.55. The van der Waals surface area contributed by atoms with E-state index in [-0.39, 0.29) is 5.69 Å². The maximum atomic E-state index is 12.4. The number of nitrogens with one attached hydrogen (secondary N) is 2. The van der Waals surface area contributed by atoms with Crippen LogP contribution in [0.3, 0.4) is 0 Å². The molecule has 1 aromatic carbocycles. The molecule has 1 aliphatic rings. The number of rotatable bonds is 7. The van der Waals surface area contributed by atoms with E-state index in [2.05, 4.69) is 27.6 Å². The molecule has 138 valence electrons. The molecule has 0 amide bonds. The number of fused-ring (bicyclic) bond motifs is 1. The summed E-state index contributed by atoms with van der Waals surface area (Å²) in [6.45, 7) is 2.41. The molecule has 8 heteroatoms. The second-order valence-electron chi connectivity index (χ2n) is 6.56. The van der Waals surface area contributed by atoms with Crippen LogP contribution in [0.25, 0.3) is 16.7 Å². The van der Waals surface area contributed by atoms with Crippen LogP contribution in [0.15, 0.2) is 46.3 Å². The van der Waals surface area contributed by atoms with Gasteiger partial charge in [-0.1, -0.05) is 22.9 Å². The Kier molecular flexibility index (Phi) is 4.83. The molecule has 0 aliphatic carbocycles. The number of hydrogen-bond acceptors (Lipinski definition) is 5. The van der Waals surface area contributed by atoms with Gasteiger partial charge in [0.25, 0.3) is 0 Å². The van der Waals surface area contributed by atoms with Crippen molar-refractivity contribution in [1.29, 1.82) is 0 Å². The molecule has 6 nitrogen and oxygen atoms in total. The first-order valence-corrected chi connectivity index (χ1v) is 12.3. The highest BCUT2D eigenvalue weighted by atomic mass is 33.2. The molecular formula is C18H23N5OS2. The van der Waals surface area contributed by atoms with Gasteiger partial charge in [-0.3, -0.25) is 4.57 Å². The zero-order valence-electron chi connectivity index (χ0n) is 14.7. The summed E-state index contributed by atoms with van der Waals surface area (Å²) in [5.41, 5.74) is 7.93. The maximum Gasteiger partial charge on any atom is 0.354 e. The molecule has 0 radical (unpaired) electrons. The first-order chi connectivity index (χ1) is 12.6. The van der Waals surface area contributed by atoms with Crippen molar-refractivity contribution in [1.82, 2.24) is 19.9 Å². The lowest BCUT2D eigenvalue weighted by Crippen LogP contribution is -2.20. The fraction of sp³-hybridized carbons (Fsp3) is 0.333. The van der Waals surface area contributed by atoms with Crippen LogP contribution < -0.4 is 16.7 Å².